The van der Waals surface area contributed by atoms with Gasteiger partial charge in [0.15, 0.2) is 0 Å². The van der Waals surface area contributed by atoms with Crippen molar-refractivity contribution in [3.63, 3.8) is 0 Å². The summed E-state index contributed by atoms with van der Waals surface area (Å²) in [5.41, 5.74) is 0. The van der Waals surface area contributed by atoms with Crippen molar-refractivity contribution in [2.75, 3.05) is 13.2 Å². The highest BCUT2D eigenvalue weighted by Gasteiger charge is 1.81. The first-order valence-electron chi connectivity index (χ1n) is 4.14. The standard InChI is InChI=1S/C9H18O/c1-3-5-7-9-10-8-6-4-2/h5,7H,3-4,6,8-9H2,1-2H3/b7-5-. The highest BCUT2D eigenvalue weighted by atomic mass is 16.5. The van der Waals surface area contributed by atoms with E-state index in [2.05, 4.69) is 26.0 Å². The highest BCUT2D eigenvalue weighted by Crippen LogP contribution is 1.88. The lowest BCUT2D eigenvalue weighted by molar-refractivity contribution is 0.159. The van der Waals surface area contributed by atoms with Crippen LogP contribution in [0.2, 0.25) is 0 Å². The molecule has 0 aliphatic heterocycles. The molecule has 0 amide bonds. The maximum atomic E-state index is 5.29. The molecular weight excluding hydrogens is 124 g/mol. The van der Waals surface area contributed by atoms with E-state index in [-0.39, 0.29) is 0 Å². The van der Waals surface area contributed by atoms with Crippen molar-refractivity contribution in [3.05, 3.63) is 12.2 Å². The van der Waals surface area contributed by atoms with Crippen LogP contribution in [0.3, 0.4) is 0 Å². The van der Waals surface area contributed by atoms with Gasteiger partial charge in [-0.15, -0.1) is 0 Å². The molecule has 0 atom stereocenters. The van der Waals surface area contributed by atoms with E-state index in [0.717, 1.165) is 19.6 Å². The lowest BCUT2D eigenvalue weighted by Gasteiger charge is -1.96. The Kier molecular flexibility index (Phi) is 8.44. The minimum absolute atomic E-state index is 0.786. The van der Waals surface area contributed by atoms with E-state index in [9.17, 15) is 0 Å². The first-order chi connectivity index (χ1) is 4.91. The molecule has 0 rings (SSSR count). The third-order valence-corrected chi connectivity index (χ3v) is 1.26. The molecule has 0 spiro atoms. The van der Waals surface area contributed by atoms with Crippen molar-refractivity contribution in [2.24, 2.45) is 0 Å². The predicted molar refractivity (Wildman–Crippen MR) is 45.2 cm³/mol. The SMILES string of the molecule is CC/C=C\COCCCC. The molecule has 1 heteroatoms. The molecule has 0 saturated heterocycles. The van der Waals surface area contributed by atoms with Crippen molar-refractivity contribution < 1.29 is 4.74 Å². The van der Waals surface area contributed by atoms with E-state index < -0.39 is 0 Å². The Balaban J connectivity index is 2.83. The fraction of sp³-hybridized carbons (Fsp3) is 0.778. The minimum atomic E-state index is 0.786. The van der Waals surface area contributed by atoms with Gasteiger partial charge in [0.2, 0.25) is 0 Å². The summed E-state index contributed by atoms with van der Waals surface area (Å²) in [6, 6.07) is 0. The van der Waals surface area contributed by atoms with Crippen molar-refractivity contribution in [3.8, 4) is 0 Å². The Bertz CT molecular complexity index is 76.8. The smallest absolute Gasteiger partial charge is 0.0647 e. The Morgan fingerprint density at radius 1 is 1.20 bits per heavy atom. The van der Waals surface area contributed by atoms with Crippen molar-refractivity contribution in [2.45, 2.75) is 33.1 Å². The molecule has 0 bridgehead atoms. The number of allylic oxidation sites excluding steroid dienone is 1. The zero-order chi connectivity index (χ0) is 7.66. The second-order valence-corrected chi connectivity index (χ2v) is 2.31. The van der Waals surface area contributed by atoms with E-state index in [1.54, 1.807) is 0 Å². The molecule has 0 fully saturated rings. The first kappa shape index (κ1) is 9.70. The van der Waals surface area contributed by atoms with Crippen LogP contribution >= 0.6 is 0 Å². The van der Waals surface area contributed by atoms with Gasteiger partial charge < -0.3 is 4.74 Å². The van der Waals surface area contributed by atoms with Crippen LogP contribution in [0.25, 0.3) is 0 Å². The van der Waals surface area contributed by atoms with E-state index in [0.29, 0.717) is 0 Å². The van der Waals surface area contributed by atoms with Crippen LogP contribution in [0, 0.1) is 0 Å². The second-order valence-electron chi connectivity index (χ2n) is 2.31. The summed E-state index contributed by atoms with van der Waals surface area (Å²) in [5.74, 6) is 0. The number of hydrogen-bond donors (Lipinski definition) is 0. The Labute approximate surface area is 64.1 Å². The van der Waals surface area contributed by atoms with Crippen molar-refractivity contribution >= 4 is 0 Å². The predicted octanol–water partition coefficient (Wildman–Crippen LogP) is 2.77. The molecule has 0 N–H and O–H groups in total. The van der Waals surface area contributed by atoms with Gasteiger partial charge in [0.25, 0.3) is 0 Å². The van der Waals surface area contributed by atoms with Gasteiger partial charge in [-0.1, -0.05) is 32.4 Å². The fourth-order valence-corrected chi connectivity index (χ4v) is 0.632. The molecule has 0 unspecified atom stereocenters. The van der Waals surface area contributed by atoms with Crippen LogP contribution in [-0.4, -0.2) is 13.2 Å². The largest absolute Gasteiger partial charge is 0.377 e. The number of rotatable bonds is 6. The molecule has 60 valence electrons. The number of hydrogen-bond acceptors (Lipinski definition) is 1. The van der Waals surface area contributed by atoms with Crippen LogP contribution in [0.15, 0.2) is 12.2 Å². The third-order valence-electron chi connectivity index (χ3n) is 1.26. The molecule has 0 aromatic carbocycles. The maximum Gasteiger partial charge on any atom is 0.0647 e. The van der Waals surface area contributed by atoms with E-state index in [4.69, 9.17) is 4.74 Å². The van der Waals surface area contributed by atoms with Gasteiger partial charge in [-0.05, 0) is 12.8 Å². The molecule has 1 nitrogen and oxygen atoms in total. The quantitative estimate of drug-likeness (QED) is 0.409. The molecule has 10 heavy (non-hydrogen) atoms. The number of ether oxygens (including phenoxy) is 1. The maximum absolute atomic E-state index is 5.29. The number of unbranched alkanes of at least 4 members (excludes halogenated alkanes) is 1. The monoisotopic (exact) mass is 142 g/mol. The lowest BCUT2D eigenvalue weighted by Crippen LogP contribution is -1.92. The van der Waals surface area contributed by atoms with Gasteiger partial charge in [0.05, 0.1) is 6.61 Å². The van der Waals surface area contributed by atoms with Crippen LogP contribution in [-0.2, 0) is 4.74 Å². The molecule has 0 aromatic heterocycles. The summed E-state index contributed by atoms with van der Waals surface area (Å²) in [6.45, 7) is 5.99. The van der Waals surface area contributed by atoms with E-state index in [1.807, 2.05) is 0 Å². The zero-order valence-corrected chi connectivity index (χ0v) is 7.10. The van der Waals surface area contributed by atoms with Gasteiger partial charge in [0, 0.05) is 6.61 Å². The van der Waals surface area contributed by atoms with Gasteiger partial charge in [-0.2, -0.15) is 0 Å². The van der Waals surface area contributed by atoms with Crippen molar-refractivity contribution in [1.29, 1.82) is 0 Å². The van der Waals surface area contributed by atoms with Crippen LogP contribution < -0.4 is 0 Å². The van der Waals surface area contributed by atoms with Crippen LogP contribution in [0.5, 0.6) is 0 Å². The summed E-state index contributed by atoms with van der Waals surface area (Å²) >= 11 is 0. The third kappa shape index (κ3) is 7.70. The molecule has 0 saturated carbocycles. The van der Waals surface area contributed by atoms with Gasteiger partial charge in [0.1, 0.15) is 0 Å². The van der Waals surface area contributed by atoms with Crippen LogP contribution in [0.4, 0.5) is 0 Å². The summed E-state index contributed by atoms with van der Waals surface area (Å²) in [5, 5.41) is 0. The van der Waals surface area contributed by atoms with Gasteiger partial charge in [-0.3, -0.25) is 0 Å². The van der Waals surface area contributed by atoms with Crippen LogP contribution in [0.1, 0.15) is 33.1 Å². The second kappa shape index (κ2) is 8.70. The summed E-state index contributed by atoms with van der Waals surface area (Å²) in [4.78, 5) is 0. The summed E-state index contributed by atoms with van der Waals surface area (Å²) in [7, 11) is 0. The van der Waals surface area contributed by atoms with E-state index in [1.165, 1.54) is 12.8 Å². The molecule has 0 aliphatic carbocycles. The van der Waals surface area contributed by atoms with E-state index >= 15 is 0 Å². The normalized spacial score (nSPS) is 11.0. The highest BCUT2D eigenvalue weighted by molar-refractivity contribution is 4.79. The summed E-state index contributed by atoms with van der Waals surface area (Å²) < 4.78 is 5.29. The average Bonchev–Trinajstić information content (AvgIpc) is 1.97. The van der Waals surface area contributed by atoms with Gasteiger partial charge in [-0.25, -0.2) is 0 Å². The van der Waals surface area contributed by atoms with Gasteiger partial charge >= 0.3 is 0 Å². The Hall–Kier alpha value is -0.300. The molecule has 0 aliphatic rings. The fourth-order valence-electron chi connectivity index (χ4n) is 0.632. The molecular formula is C9H18O. The molecule has 0 radical (unpaired) electrons. The molecule has 0 heterocycles. The lowest BCUT2D eigenvalue weighted by atomic mass is 10.4. The summed E-state index contributed by atoms with van der Waals surface area (Å²) in [6.07, 6.45) is 7.72. The first-order valence-corrected chi connectivity index (χ1v) is 4.14. The topological polar surface area (TPSA) is 9.23 Å². The zero-order valence-electron chi connectivity index (χ0n) is 7.10. The Morgan fingerprint density at radius 3 is 2.60 bits per heavy atom. The minimum Gasteiger partial charge on any atom is -0.377 e. The molecule has 0 aromatic rings. The van der Waals surface area contributed by atoms with Crippen molar-refractivity contribution in [1.82, 2.24) is 0 Å². The average molecular weight is 142 g/mol. The Morgan fingerprint density at radius 2 is 2.00 bits per heavy atom.